The first-order valence-corrected chi connectivity index (χ1v) is 7.50. The smallest absolute Gasteiger partial charge is 0.140 e. The highest BCUT2D eigenvalue weighted by molar-refractivity contribution is 7.09. The molecule has 3 nitrogen and oxygen atoms in total. The van der Waals surface area contributed by atoms with Crippen LogP contribution in [0.4, 0.5) is 0 Å². The summed E-state index contributed by atoms with van der Waals surface area (Å²) in [4.78, 5) is 4.17. The van der Waals surface area contributed by atoms with Crippen LogP contribution in [0.5, 0.6) is 5.75 Å². The molecule has 0 spiro atoms. The number of nitrogens with one attached hydrogen (secondary N) is 1. The van der Waals surface area contributed by atoms with Gasteiger partial charge in [-0.1, -0.05) is 24.6 Å². The number of hydrogen-bond donors (Lipinski definition) is 1. The number of ether oxygens (including phenoxy) is 1. The van der Waals surface area contributed by atoms with E-state index in [4.69, 9.17) is 16.3 Å². The van der Waals surface area contributed by atoms with Crippen LogP contribution in [-0.2, 0) is 6.61 Å². The fourth-order valence-electron chi connectivity index (χ4n) is 1.79. The lowest BCUT2D eigenvalue weighted by atomic mass is 10.1. The van der Waals surface area contributed by atoms with E-state index >= 15 is 0 Å². The second kappa shape index (κ2) is 6.89. The lowest BCUT2D eigenvalue weighted by Crippen LogP contribution is -2.17. The van der Waals surface area contributed by atoms with Crippen molar-refractivity contribution < 1.29 is 4.74 Å². The van der Waals surface area contributed by atoms with Gasteiger partial charge in [0.1, 0.15) is 17.4 Å². The van der Waals surface area contributed by atoms with E-state index in [0.717, 1.165) is 17.1 Å². The molecule has 0 saturated heterocycles. The maximum absolute atomic E-state index is 6.24. The van der Waals surface area contributed by atoms with Crippen LogP contribution in [0.2, 0.25) is 5.02 Å². The molecule has 1 unspecified atom stereocenters. The predicted octanol–water partition coefficient (Wildman–Crippen LogP) is 4.05. The Morgan fingerprint density at radius 2 is 2.32 bits per heavy atom. The molecule has 102 valence electrons. The van der Waals surface area contributed by atoms with Crippen molar-refractivity contribution in [2.75, 3.05) is 6.54 Å². The maximum Gasteiger partial charge on any atom is 0.140 e. The molecule has 1 N–H and O–H groups in total. The quantitative estimate of drug-likeness (QED) is 0.873. The summed E-state index contributed by atoms with van der Waals surface area (Å²) in [6.45, 7) is 5.59. The molecule has 5 heteroatoms. The van der Waals surface area contributed by atoms with Crippen LogP contribution in [0.15, 0.2) is 29.8 Å². The number of hydrogen-bond acceptors (Lipinski definition) is 4. The minimum absolute atomic E-state index is 0.288. The molecule has 19 heavy (non-hydrogen) atoms. The summed E-state index contributed by atoms with van der Waals surface area (Å²) in [7, 11) is 0. The van der Waals surface area contributed by atoms with Gasteiger partial charge in [-0.15, -0.1) is 11.3 Å². The van der Waals surface area contributed by atoms with Crippen molar-refractivity contribution >= 4 is 22.9 Å². The third-order valence-corrected chi connectivity index (χ3v) is 3.85. The summed E-state index contributed by atoms with van der Waals surface area (Å²) in [5.41, 5.74) is 1.16. The van der Waals surface area contributed by atoms with Crippen LogP contribution in [0.3, 0.4) is 0 Å². The van der Waals surface area contributed by atoms with Crippen LogP contribution >= 0.6 is 22.9 Å². The molecule has 2 rings (SSSR count). The molecular formula is C14H17ClN2OS. The average molecular weight is 297 g/mol. The molecule has 0 radical (unpaired) electrons. The minimum atomic E-state index is 0.288. The zero-order valence-corrected chi connectivity index (χ0v) is 12.6. The summed E-state index contributed by atoms with van der Waals surface area (Å²) in [5.74, 6) is 0.698. The van der Waals surface area contributed by atoms with Gasteiger partial charge in [0.05, 0.1) is 5.02 Å². The molecule has 1 aromatic carbocycles. The van der Waals surface area contributed by atoms with Crippen LogP contribution < -0.4 is 10.1 Å². The average Bonchev–Trinajstić information content (AvgIpc) is 2.90. The highest BCUT2D eigenvalue weighted by Crippen LogP contribution is 2.28. The van der Waals surface area contributed by atoms with Crippen molar-refractivity contribution in [2.45, 2.75) is 26.5 Å². The number of aromatic nitrogens is 1. The van der Waals surface area contributed by atoms with E-state index in [1.807, 2.05) is 23.6 Å². The minimum Gasteiger partial charge on any atom is -0.485 e. The molecule has 0 amide bonds. The molecule has 1 aromatic heterocycles. The molecule has 0 aliphatic rings. The Kier molecular flexibility index (Phi) is 5.19. The van der Waals surface area contributed by atoms with Gasteiger partial charge in [-0.2, -0.15) is 0 Å². The first-order valence-electron chi connectivity index (χ1n) is 6.24. The molecule has 1 heterocycles. The number of rotatable bonds is 6. The van der Waals surface area contributed by atoms with Crippen LogP contribution in [-0.4, -0.2) is 11.5 Å². The number of halogens is 1. The van der Waals surface area contributed by atoms with E-state index in [2.05, 4.69) is 24.1 Å². The maximum atomic E-state index is 6.24. The Bertz CT molecular complexity index is 516. The molecule has 0 aliphatic heterocycles. The number of benzene rings is 1. The number of nitrogens with zero attached hydrogens (tertiary/aromatic N) is 1. The van der Waals surface area contributed by atoms with Crippen LogP contribution in [0.1, 0.15) is 30.5 Å². The Morgan fingerprint density at radius 1 is 1.47 bits per heavy atom. The zero-order valence-electron chi connectivity index (χ0n) is 11.0. The van der Waals surface area contributed by atoms with Gasteiger partial charge < -0.3 is 10.1 Å². The monoisotopic (exact) mass is 296 g/mol. The Hall–Kier alpha value is -1.10. The first kappa shape index (κ1) is 14.3. The van der Waals surface area contributed by atoms with Crippen molar-refractivity contribution in [3.05, 3.63) is 45.4 Å². The zero-order chi connectivity index (χ0) is 13.7. The van der Waals surface area contributed by atoms with Crippen molar-refractivity contribution in [3.8, 4) is 5.75 Å². The first-order chi connectivity index (χ1) is 9.20. The molecule has 0 fully saturated rings. The van der Waals surface area contributed by atoms with E-state index in [9.17, 15) is 0 Å². The third-order valence-electron chi connectivity index (χ3n) is 2.80. The molecule has 1 atom stereocenters. The highest BCUT2D eigenvalue weighted by Gasteiger charge is 2.08. The molecule has 0 bridgehead atoms. The van der Waals surface area contributed by atoms with Crippen molar-refractivity contribution in [3.63, 3.8) is 0 Å². The van der Waals surface area contributed by atoms with Gasteiger partial charge in [0.25, 0.3) is 0 Å². The summed E-state index contributed by atoms with van der Waals surface area (Å²) >= 11 is 7.82. The summed E-state index contributed by atoms with van der Waals surface area (Å²) in [5, 5.41) is 6.87. The van der Waals surface area contributed by atoms with Crippen LogP contribution in [0.25, 0.3) is 0 Å². The fourth-order valence-corrected chi connectivity index (χ4v) is 2.56. The molecule has 0 saturated carbocycles. The molecule has 0 aliphatic carbocycles. The van der Waals surface area contributed by atoms with E-state index in [1.54, 1.807) is 17.5 Å². The van der Waals surface area contributed by atoms with Gasteiger partial charge in [0, 0.05) is 17.6 Å². The summed E-state index contributed by atoms with van der Waals surface area (Å²) in [6.07, 6.45) is 1.77. The van der Waals surface area contributed by atoms with Crippen molar-refractivity contribution in [2.24, 2.45) is 0 Å². The van der Waals surface area contributed by atoms with Crippen molar-refractivity contribution in [1.29, 1.82) is 0 Å². The van der Waals surface area contributed by atoms with Gasteiger partial charge in [0.2, 0.25) is 0 Å². The normalized spacial score (nSPS) is 12.4. The molecule has 2 aromatic rings. The van der Waals surface area contributed by atoms with E-state index in [1.165, 1.54) is 0 Å². The summed E-state index contributed by atoms with van der Waals surface area (Å²) < 4.78 is 5.67. The summed E-state index contributed by atoms with van der Waals surface area (Å²) in [6, 6.07) is 6.19. The van der Waals surface area contributed by atoms with Crippen LogP contribution in [0, 0.1) is 0 Å². The third kappa shape index (κ3) is 3.93. The topological polar surface area (TPSA) is 34.1 Å². The van der Waals surface area contributed by atoms with E-state index in [0.29, 0.717) is 17.4 Å². The Labute approximate surface area is 122 Å². The van der Waals surface area contributed by atoms with Gasteiger partial charge in [-0.3, -0.25) is 0 Å². The predicted molar refractivity (Wildman–Crippen MR) is 80.0 cm³/mol. The Balaban J connectivity index is 2.02. The van der Waals surface area contributed by atoms with Gasteiger partial charge in [-0.25, -0.2) is 4.98 Å². The second-order valence-corrected chi connectivity index (χ2v) is 5.57. The Morgan fingerprint density at radius 3 is 2.95 bits per heavy atom. The second-order valence-electron chi connectivity index (χ2n) is 4.18. The van der Waals surface area contributed by atoms with Gasteiger partial charge in [0.15, 0.2) is 0 Å². The van der Waals surface area contributed by atoms with E-state index < -0.39 is 0 Å². The van der Waals surface area contributed by atoms with Gasteiger partial charge >= 0.3 is 0 Å². The fraction of sp³-hybridized carbons (Fsp3) is 0.357. The van der Waals surface area contributed by atoms with Gasteiger partial charge in [-0.05, 0) is 31.2 Å². The SMILES string of the molecule is CCNC(C)c1ccc(OCc2nccs2)c(Cl)c1. The molecular weight excluding hydrogens is 280 g/mol. The lowest BCUT2D eigenvalue weighted by molar-refractivity contribution is 0.305. The van der Waals surface area contributed by atoms with Crippen molar-refractivity contribution in [1.82, 2.24) is 10.3 Å². The highest BCUT2D eigenvalue weighted by atomic mass is 35.5. The number of thiazole rings is 1. The lowest BCUT2D eigenvalue weighted by Gasteiger charge is -2.14. The standard InChI is InChI=1S/C14H17ClN2OS/c1-3-16-10(2)11-4-5-13(12(15)8-11)18-9-14-17-6-7-19-14/h4-8,10,16H,3,9H2,1-2H3. The van der Waals surface area contributed by atoms with E-state index in [-0.39, 0.29) is 6.04 Å². The largest absolute Gasteiger partial charge is 0.485 e.